The van der Waals surface area contributed by atoms with Crippen molar-refractivity contribution >= 4 is 5.97 Å². The van der Waals surface area contributed by atoms with Crippen LogP contribution < -0.4 is 0 Å². The molecule has 0 aromatic rings. The number of rotatable bonds is 2. The van der Waals surface area contributed by atoms with Crippen molar-refractivity contribution in [2.24, 2.45) is 0 Å². The van der Waals surface area contributed by atoms with Gasteiger partial charge in [0.15, 0.2) is 0 Å². The second-order valence-electron chi connectivity index (χ2n) is 1.02. The summed E-state index contributed by atoms with van der Waals surface area (Å²) in [6.45, 7) is 0. The van der Waals surface area contributed by atoms with E-state index in [2.05, 4.69) is 4.74 Å². The molecule has 0 saturated carbocycles. The molecule has 46 valence electrons. The zero-order chi connectivity index (χ0) is 6.57. The molecule has 0 aliphatic heterocycles. The number of methoxy groups -OCH3 is 1. The van der Waals surface area contributed by atoms with Crippen LogP contribution in [0.4, 0.5) is 0 Å². The lowest BCUT2D eigenvalue weighted by Crippen LogP contribution is -1.92. The van der Waals surface area contributed by atoms with Gasteiger partial charge in [-0.3, -0.25) is 0 Å². The van der Waals surface area contributed by atoms with E-state index in [4.69, 9.17) is 10.2 Å². The Bertz CT molecular complexity index is 115. The van der Waals surface area contributed by atoms with Gasteiger partial charge >= 0.3 is 5.97 Å². The molecule has 0 rings (SSSR count). The van der Waals surface area contributed by atoms with Crippen molar-refractivity contribution in [3.63, 3.8) is 0 Å². The maximum absolute atomic E-state index is 9.65. The Kier molecular flexibility index (Phi) is 2.47. The molecule has 0 atom stereocenters. The SMILES string of the molecule is COC(O)=CC(=O)O. The molecule has 0 heterocycles. The van der Waals surface area contributed by atoms with Gasteiger partial charge < -0.3 is 14.9 Å². The summed E-state index contributed by atoms with van der Waals surface area (Å²) in [4.78, 5) is 9.65. The van der Waals surface area contributed by atoms with Crippen LogP contribution in [0.25, 0.3) is 0 Å². The van der Waals surface area contributed by atoms with E-state index < -0.39 is 11.9 Å². The normalized spacial score (nSPS) is 10.9. The molecule has 0 aliphatic carbocycles. The smallest absolute Gasteiger partial charge is 0.335 e. The topological polar surface area (TPSA) is 66.8 Å². The number of hydrogen-bond donors (Lipinski definition) is 2. The minimum atomic E-state index is -1.23. The number of carbonyl (C=O) groups is 1. The molecule has 8 heavy (non-hydrogen) atoms. The van der Waals surface area contributed by atoms with E-state index in [1.165, 1.54) is 7.11 Å². The van der Waals surface area contributed by atoms with E-state index in [1.54, 1.807) is 0 Å². The van der Waals surface area contributed by atoms with Crippen LogP contribution in [-0.2, 0) is 9.53 Å². The van der Waals surface area contributed by atoms with Crippen LogP contribution >= 0.6 is 0 Å². The average Bonchev–Trinajstić information content (AvgIpc) is 1.65. The van der Waals surface area contributed by atoms with Gasteiger partial charge in [-0.2, -0.15) is 0 Å². The molecule has 0 amide bonds. The van der Waals surface area contributed by atoms with Crippen molar-refractivity contribution < 1.29 is 19.7 Å². The largest absolute Gasteiger partial charge is 0.481 e. The molecule has 0 spiro atoms. The highest BCUT2D eigenvalue weighted by Gasteiger charge is 1.92. The highest BCUT2D eigenvalue weighted by atomic mass is 16.6. The molecule has 0 saturated heterocycles. The minimum absolute atomic E-state index is 0.556. The van der Waals surface area contributed by atoms with E-state index in [-0.39, 0.29) is 0 Å². The van der Waals surface area contributed by atoms with Crippen LogP contribution in [0.5, 0.6) is 0 Å². The van der Waals surface area contributed by atoms with Crippen LogP contribution in [0.3, 0.4) is 0 Å². The fourth-order valence-corrected chi connectivity index (χ4v) is 0.165. The summed E-state index contributed by atoms with van der Waals surface area (Å²) in [7, 11) is 1.18. The fraction of sp³-hybridized carbons (Fsp3) is 0.250. The quantitative estimate of drug-likeness (QED) is 0.399. The first-order valence-electron chi connectivity index (χ1n) is 1.84. The van der Waals surface area contributed by atoms with Crippen molar-refractivity contribution in [2.45, 2.75) is 0 Å². The van der Waals surface area contributed by atoms with Crippen LogP contribution in [0, 0.1) is 0 Å². The van der Waals surface area contributed by atoms with Crippen molar-refractivity contribution in [1.82, 2.24) is 0 Å². The van der Waals surface area contributed by atoms with Crippen molar-refractivity contribution in [3.8, 4) is 0 Å². The Balaban J connectivity index is 3.75. The van der Waals surface area contributed by atoms with Gasteiger partial charge in [0.2, 0.25) is 0 Å². The number of aliphatic hydroxyl groups is 1. The average molecular weight is 118 g/mol. The standard InChI is InChI=1S/C4H6O4/c1-8-4(7)2-3(5)6/h2,7H,1H3,(H,5,6). The summed E-state index contributed by atoms with van der Waals surface area (Å²) in [6.07, 6.45) is 0.556. The lowest BCUT2D eigenvalue weighted by molar-refractivity contribution is -0.131. The molecule has 0 aromatic heterocycles. The summed E-state index contributed by atoms with van der Waals surface area (Å²) < 4.78 is 4.10. The van der Waals surface area contributed by atoms with E-state index in [0.717, 1.165) is 0 Å². The number of aliphatic hydroxyl groups excluding tert-OH is 1. The third-order valence-corrected chi connectivity index (χ3v) is 0.456. The van der Waals surface area contributed by atoms with Gasteiger partial charge in [-0.15, -0.1) is 0 Å². The van der Waals surface area contributed by atoms with Gasteiger partial charge in [-0.1, -0.05) is 0 Å². The Morgan fingerprint density at radius 1 is 1.62 bits per heavy atom. The molecular formula is C4H6O4. The van der Waals surface area contributed by atoms with Crippen molar-refractivity contribution in [2.75, 3.05) is 7.11 Å². The van der Waals surface area contributed by atoms with E-state index in [1.807, 2.05) is 0 Å². The molecule has 4 nitrogen and oxygen atoms in total. The molecule has 2 N–H and O–H groups in total. The van der Waals surface area contributed by atoms with Gasteiger partial charge in [0.05, 0.1) is 7.11 Å². The van der Waals surface area contributed by atoms with E-state index >= 15 is 0 Å². The zero-order valence-corrected chi connectivity index (χ0v) is 4.29. The Morgan fingerprint density at radius 2 is 2.12 bits per heavy atom. The first-order chi connectivity index (χ1) is 3.66. The number of carboxylic acid groups (broad SMARTS) is 1. The molecule has 0 unspecified atom stereocenters. The van der Waals surface area contributed by atoms with Crippen LogP contribution in [0.15, 0.2) is 12.0 Å². The van der Waals surface area contributed by atoms with Gasteiger partial charge in [0.1, 0.15) is 6.08 Å². The number of carboxylic acids is 1. The third-order valence-electron chi connectivity index (χ3n) is 0.456. The minimum Gasteiger partial charge on any atom is -0.481 e. The predicted octanol–water partition coefficient (Wildman–Crippen LogP) is 0.117. The van der Waals surface area contributed by atoms with Gasteiger partial charge in [-0.25, -0.2) is 4.79 Å². The summed E-state index contributed by atoms with van der Waals surface area (Å²) in [5, 5.41) is 16.2. The highest BCUT2D eigenvalue weighted by Crippen LogP contribution is 1.85. The van der Waals surface area contributed by atoms with Gasteiger partial charge in [0.25, 0.3) is 5.95 Å². The zero-order valence-electron chi connectivity index (χ0n) is 4.29. The van der Waals surface area contributed by atoms with Crippen LogP contribution in [-0.4, -0.2) is 23.3 Å². The first-order valence-corrected chi connectivity index (χ1v) is 1.84. The molecule has 0 radical (unpaired) electrons. The predicted molar refractivity (Wildman–Crippen MR) is 25.4 cm³/mol. The Labute approximate surface area is 46.0 Å². The molecule has 4 heteroatoms. The first kappa shape index (κ1) is 6.81. The number of ether oxygens (including phenoxy) is 1. The molecule has 0 aromatic carbocycles. The second kappa shape index (κ2) is 2.90. The molecule has 0 bridgehead atoms. The molecular weight excluding hydrogens is 112 g/mol. The highest BCUT2D eigenvalue weighted by molar-refractivity contribution is 5.79. The van der Waals surface area contributed by atoms with Crippen LogP contribution in [0.1, 0.15) is 0 Å². The molecule has 0 fully saturated rings. The van der Waals surface area contributed by atoms with Crippen molar-refractivity contribution in [3.05, 3.63) is 12.0 Å². The van der Waals surface area contributed by atoms with Crippen LogP contribution in [0.2, 0.25) is 0 Å². The maximum Gasteiger partial charge on any atom is 0.335 e. The summed E-state index contributed by atoms with van der Waals surface area (Å²) >= 11 is 0. The Morgan fingerprint density at radius 3 is 2.25 bits per heavy atom. The summed E-state index contributed by atoms with van der Waals surface area (Å²) in [5.74, 6) is -1.83. The third kappa shape index (κ3) is 3.02. The lowest BCUT2D eigenvalue weighted by atomic mass is 10.6. The molecule has 0 aliphatic rings. The van der Waals surface area contributed by atoms with Gasteiger partial charge in [-0.05, 0) is 0 Å². The lowest BCUT2D eigenvalue weighted by Gasteiger charge is -1.90. The second-order valence-corrected chi connectivity index (χ2v) is 1.02. The van der Waals surface area contributed by atoms with Crippen molar-refractivity contribution in [1.29, 1.82) is 0 Å². The fourth-order valence-electron chi connectivity index (χ4n) is 0.165. The number of hydrogen-bond acceptors (Lipinski definition) is 3. The summed E-state index contributed by atoms with van der Waals surface area (Å²) in [6, 6.07) is 0. The van der Waals surface area contributed by atoms with E-state index in [9.17, 15) is 4.79 Å². The van der Waals surface area contributed by atoms with E-state index in [0.29, 0.717) is 6.08 Å². The Hall–Kier alpha value is -1.19. The monoisotopic (exact) mass is 118 g/mol. The van der Waals surface area contributed by atoms with Gasteiger partial charge in [0, 0.05) is 0 Å². The number of aliphatic carboxylic acids is 1. The summed E-state index contributed by atoms with van der Waals surface area (Å²) in [5.41, 5.74) is 0. The maximum atomic E-state index is 9.65.